The Kier molecular flexibility index (Phi) is 8.45. The molecule has 0 saturated heterocycles. The molecular weight excluding hydrogens is 382 g/mol. The fraction of sp³-hybridized carbons (Fsp3) is 0.522. The van der Waals surface area contributed by atoms with Crippen LogP contribution >= 0.6 is 0 Å². The van der Waals surface area contributed by atoms with Gasteiger partial charge in [-0.15, -0.1) is 0 Å². The van der Waals surface area contributed by atoms with Crippen LogP contribution in [0.5, 0.6) is 0 Å². The molecular formula is C23H33N3O4. The molecule has 1 aromatic carbocycles. The SMILES string of the molecule is C/C(=C\C(=O)Nc1ccccc1NC(=O)CCNC(=O)OC(C)(C)C)C1CCCC1. The Balaban J connectivity index is 1.87. The Hall–Kier alpha value is -2.83. The molecule has 1 aliphatic rings. The molecule has 1 fully saturated rings. The number of hydrogen-bond donors (Lipinski definition) is 3. The van der Waals surface area contributed by atoms with Crippen LogP contribution in [0.2, 0.25) is 0 Å². The summed E-state index contributed by atoms with van der Waals surface area (Å²) < 4.78 is 5.13. The summed E-state index contributed by atoms with van der Waals surface area (Å²) in [5.74, 6) is 0.0151. The van der Waals surface area contributed by atoms with E-state index in [0.29, 0.717) is 17.3 Å². The van der Waals surface area contributed by atoms with Crippen LogP contribution in [0.3, 0.4) is 0 Å². The average molecular weight is 416 g/mol. The molecule has 7 heteroatoms. The lowest BCUT2D eigenvalue weighted by molar-refractivity contribution is -0.116. The minimum Gasteiger partial charge on any atom is -0.444 e. The number of carbonyl (C=O) groups is 3. The fourth-order valence-electron chi connectivity index (χ4n) is 3.38. The second-order valence-corrected chi connectivity index (χ2v) is 8.63. The van der Waals surface area contributed by atoms with Crippen LogP contribution in [0.15, 0.2) is 35.9 Å². The number of anilines is 2. The van der Waals surface area contributed by atoms with Crippen molar-refractivity contribution in [3.8, 4) is 0 Å². The summed E-state index contributed by atoms with van der Waals surface area (Å²) in [6, 6.07) is 7.04. The quantitative estimate of drug-likeness (QED) is 0.566. The number of rotatable bonds is 7. The number of allylic oxidation sites excluding steroid dienone is 1. The molecule has 0 aromatic heterocycles. The van der Waals surface area contributed by atoms with E-state index in [9.17, 15) is 14.4 Å². The summed E-state index contributed by atoms with van der Waals surface area (Å²) in [5.41, 5.74) is 1.56. The number of hydrogen-bond acceptors (Lipinski definition) is 4. The summed E-state index contributed by atoms with van der Waals surface area (Å²) >= 11 is 0. The number of ether oxygens (including phenoxy) is 1. The van der Waals surface area contributed by atoms with Gasteiger partial charge in [-0.25, -0.2) is 4.79 Å². The highest BCUT2D eigenvalue weighted by Crippen LogP contribution is 2.30. The fourth-order valence-corrected chi connectivity index (χ4v) is 3.38. The molecule has 0 atom stereocenters. The topological polar surface area (TPSA) is 96.5 Å². The van der Waals surface area contributed by atoms with E-state index in [2.05, 4.69) is 16.0 Å². The summed E-state index contributed by atoms with van der Waals surface area (Å²) in [4.78, 5) is 36.3. The van der Waals surface area contributed by atoms with Gasteiger partial charge in [0.2, 0.25) is 11.8 Å². The first-order valence-electron chi connectivity index (χ1n) is 10.5. The molecule has 3 amide bonds. The monoisotopic (exact) mass is 415 g/mol. The molecule has 1 saturated carbocycles. The maximum absolute atomic E-state index is 12.4. The molecule has 0 heterocycles. The van der Waals surface area contributed by atoms with E-state index >= 15 is 0 Å². The molecule has 0 unspecified atom stereocenters. The zero-order valence-electron chi connectivity index (χ0n) is 18.3. The largest absolute Gasteiger partial charge is 0.444 e. The molecule has 1 aliphatic carbocycles. The third kappa shape index (κ3) is 8.27. The second-order valence-electron chi connectivity index (χ2n) is 8.63. The lowest BCUT2D eigenvalue weighted by Gasteiger charge is -2.19. The molecule has 3 N–H and O–H groups in total. The zero-order valence-corrected chi connectivity index (χ0v) is 18.3. The lowest BCUT2D eigenvalue weighted by Crippen LogP contribution is -2.34. The normalized spacial score (nSPS) is 14.9. The van der Waals surface area contributed by atoms with Crippen LogP contribution in [0, 0.1) is 5.92 Å². The molecule has 164 valence electrons. The average Bonchev–Trinajstić information content (AvgIpc) is 3.16. The van der Waals surface area contributed by atoms with Crippen LogP contribution in [0.1, 0.15) is 59.8 Å². The van der Waals surface area contributed by atoms with Gasteiger partial charge in [0.25, 0.3) is 0 Å². The van der Waals surface area contributed by atoms with Crippen LogP contribution < -0.4 is 16.0 Å². The maximum Gasteiger partial charge on any atom is 0.407 e. The van der Waals surface area contributed by atoms with Crippen molar-refractivity contribution in [3.63, 3.8) is 0 Å². The van der Waals surface area contributed by atoms with Gasteiger partial charge in [0, 0.05) is 19.0 Å². The first-order valence-corrected chi connectivity index (χ1v) is 10.5. The number of benzene rings is 1. The summed E-state index contributed by atoms with van der Waals surface area (Å²) in [5, 5.41) is 8.18. The number of carbonyl (C=O) groups excluding carboxylic acids is 3. The Morgan fingerprint density at radius 1 is 1.07 bits per heavy atom. The van der Waals surface area contributed by atoms with E-state index in [4.69, 9.17) is 4.74 Å². The highest BCUT2D eigenvalue weighted by Gasteiger charge is 2.18. The van der Waals surface area contributed by atoms with Gasteiger partial charge in [-0.1, -0.05) is 30.5 Å². The predicted octanol–water partition coefficient (Wildman–Crippen LogP) is 4.61. The standard InChI is InChI=1S/C23H33N3O4/c1-16(17-9-5-6-10-17)15-21(28)26-19-12-8-7-11-18(19)25-20(27)13-14-24-22(29)30-23(2,3)4/h7-8,11-12,15,17H,5-6,9-10,13-14H2,1-4H3,(H,24,29)(H,25,27)(H,26,28)/b16-15+. The zero-order chi connectivity index (χ0) is 22.1. The van der Waals surface area contributed by atoms with E-state index in [-0.39, 0.29) is 24.8 Å². The van der Waals surface area contributed by atoms with E-state index in [0.717, 1.165) is 18.4 Å². The maximum atomic E-state index is 12.4. The molecule has 0 bridgehead atoms. The Morgan fingerprint density at radius 3 is 2.27 bits per heavy atom. The van der Waals surface area contributed by atoms with Gasteiger partial charge in [-0.3, -0.25) is 9.59 Å². The van der Waals surface area contributed by atoms with Crippen LogP contribution in [-0.2, 0) is 14.3 Å². The van der Waals surface area contributed by atoms with Gasteiger partial charge in [0.1, 0.15) is 5.60 Å². The van der Waals surface area contributed by atoms with Gasteiger partial charge in [-0.05, 0) is 58.6 Å². The van der Waals surface area contributed by atoms with E-state index in [1.54, 1.807) is 51.1 Å². The summed E-state index contributed by atoms with van der Waals surface area (Å²) in [7, 11) is 0. The number of nitrogens with one attached hydrogen (secondary N) is 3. The van der Waals surface area contributed by atoms with Crippen LogP contribution in [0.25, 0.3) is 0 Å². The van der Waals surface area contributed by atoms with E-state index < -0.39 is 11.7 Å². The van der Waals surface area contributed by atoms with E-state index in [1.165, 1.54) is 12.8 Å². The van der Waals surface area contributed by atoms with Crippen molar-refractivity contribution in [2.45, 2.75) is 65.4 Å². The number of amides is 3. The molecule has 1 aromatic rings. The van der Waals surface area contributed by atoms with Crippen molar-refractivity contribution in [1.82, 2.24) is 5.32 Å². The molecule has 0 aliphatic heterocycles. The third-order valence-corrected chi connectivity index (χ3v) is 4.84. The van der Waals surface area contributed by atoms with Crippen molar-refractivity contribution in [2.24, 2.45) is 5.92 Å². The van der Waals surface area contributed by atoms with Crippen molar-refractivity contribution in [3.05, 3.63) is 35.9 Å². The predicted molar refractivity (Wildman–Crippen MR) is 118 cm³/mol. The lowest BCUT2D eigenvalue weighted by atomic mass is 9.99. The van der Waals surface area contributed by atoms with Crippen molar-refractivity contribution < 1.29 is 19.1 Å². The highest BCUT2D eigenvalue weighted by atomic mass is 16.6. The number of alkyl carbamates (subject to hydrolysis) is 1. The summed E-state index contributed by atoms with van der Waals surface area (Å²) in [6.07, 6.45) is 5.89. The Morgan fingerprint density at radius 2 is 1.67 bits per heavy atom. The van der Waals surface area contributed by atoms with Crippen LogP contribution in [0.4, 0.5) is 16.2 Å². The third-order valence-electron chi connectivity index (χ3n) is 4.84. The smallest absolute Gasteiger partial charge is 0.407 e. The van der Waals surface area contributed by atoms with Crippen molar-refractivity contribution in [2.75, 3.05) is 17.2 Å². The molecule has 2 rings (SSSR count). The van der Waals surface area contributed by atoms with Gasteiger partial charge in [-0.2, -0.15) is 0 Å². The number of para-hydroxylation sites is 2. The second kappa shape index (κ2) is 10.8. The minimum absolute atomic E-state index is 0.0855. The first kappa shape index (κ1) is 23.4. The molecule has 0 spiro atoms. The van der Waals surface area contributed by atoms with Crippen molar-refractivity contribution >= 4 is 29.3 Å². The van der Waals surface area contributed by atoms with Gasteiger partial charge in [0.15, 0.2) is 0 Å². The highest BCUT2D eigenvalue weighted by molar-refractivity contribution is 6.04. The molecule has 30 heavy (non-hydrogen) atoms. The molecule has 7 nitrogen and oxygen atoms in total. The van der Waals surface area contributed by atoms with Gasteiger partial charge >= 0.3 is 6.09 Å². The Bertz CT molecular complexity index is 790. The van der Waals surface area contributed by atoms with Gasteiger partial charge < -0.3 is 20.7 Å². The first-order chi connectivity index (χ1) is 14.1. The van der Waals surface area contributed by atoms with E-state index in [1.807, 2.05) is 6.92 Å². The molecule has 0 radical (unpaired) electrons. The minimum atomic E-state index is -0.589. The van der Waals surface area contributed by atoms with Gasteiger partial charge in [0.05, 0.1) is 11.4 Å². The van der Waals surface area contributed by atoms with Crippen LogP contribution in [-0.4, -0.2) is 30.1 Å². The van der Waals surface area contributed by atoms with Crippen molar-refractivity contribution in [1.29, 1.82) is 0 Å². The Labute approximate surface area is 178 Å². The summed E-state index contributed by atoms with van der Waals surface area (Å²) in [6.45, 7) is 7.47.